The molecule has 1 rings (SSSR count). The first-order valence-electron chi connectivity index (χ1n) is 7.13. The fourth-order valence-corrected chi connectivity index (χ4v) is 2.30. The highest BCUT2D eigenvalue weighted by atomic mass is 16.6. The first-order valence-corrected chi connectivity index (χ1v) is 7.13. The second-order valence-corrected chi connectivity index (χ2v) is 6.10. The second kappa shape index (κ2) is 7.16. The van der Waals surface area contributed by atoms with E-state index in [0.29, 0.717) is 13.1 Å². The number of terminal acetylenes is 1. The molecule has 0 saturated carbocycles. The summed E-state index contributed by atoms with van der Waals surface area (Å²) in [6.07, 6.45) is 7.86. The number of amides is 2. The first-order chi connectivity index (χ1) is 9.78. The number of ether oxygens (including phenoxy) is 1. The van der Waals surface area contributed by atoms with Crippen molar-refractivity contribution in [2.75, 3.05) is 19.6 Å². The summed E-state index contributed by atoms with van der Waals surface area (Å²) in [7, 11) is 0. The molecule has 1 saturated heterocycles. The third-order valence-electron chi connectivity index (χ3n) is 3.21. The van der Waals surface area contributed by atoms with E-state index in [1.807, 2.05) is 20.8 Å². The fraction of sp³-hybridized carbons (Fsp3) is 0.625. The average Bonchev–Trinajstić information content (AvgIpc) is 2.42. The van der Waals surface area contributed by atoms with Crippen LogP contribution in [0.1, 0.15) is 33.6 Å². The van der Waals surface area contributed by atoms with Gasteiger partial charge in [0.2, 0.25) is 5.91 Å². The van der Waals surface area contributed by atoms with E-state index in [4.69, 9.17) is 11.2 Å². The van der Waals surface area contributed by atoms with Crippen LogP contribution in [-0.2, 0) is 9.53 Å². The van der Waals surface area contributed by atoms with Crippen molar-refractivity contribution in [1.29, 1.82) is 0 Å². The molecule has 5 heteroatoms. The van der Waals surface area contributed by atoms with Crippen LogP contribution in [0.25, 0.3) is 0 Å². The Morgan fingerprint density at radius 3 is 2.71 bits per heavy atom. The zero-order valence-electron chi connectivity index (χ0n) is 13.1. The SMILES string of the molecule is C#CCN(C(=O)C=C)[C@H]1CCCN(C(=O)OC(C)(C)C)C1. The van der Waals surface area contributed by atoms with Gasteiger partial charge in [0.1, 0.15) is 5.60 Å². The molecular formula is C16H24N2O3. The molecule has 1 aliphatic rings. The Balaban J connectivity index is 2.74. The Morgan fingerprint density at radius 1 is 1.52 bits per heavy atom. The van der Waals surface area contributed by atoms with Gasteiger partial charge >= 0.3 is 6.09 Å². The highest BCUT2D eigenvalue weighted by Crippen LogP contribution is 2.19. The Kier molecular flexibility index (Phi) is 5.83. The smallest absolute Gasteiger partial charge is 0.410 e. The number of hydrogen-bond acceptors (Lipinski definition) is 3. The summed E-state index contributed by atoms with van der Waals surface area (Å²) in [4.78, 5) is 27.2. The molecule has 0 aromatic carbocycles. The van der Waals surface area contributed by atoms with Crippen LogP contribution >= 0.6 is 0 Å². The molecule has 5 nitrogen and oxygen atoms in total. The van der Waals surface area contributed by atoms with E-state index < -0.39 is 5.60 Å². The van der Waals surface area contributed by atoms with Crippen LogP contribution in [-0.4, -0.2) is 53.1 Å². The Hall–Kier alpha value is -1.96. The third-order valence-corrected chi connectivity index (χ3v) is 3.21. The topological polar surface area (TPSA) is 49.9 Å². The molecule has 0 unspecified atom stereocenters. The molecule has 0 N–H and O–H groups in total. The third kappa shape index (κ3) is 5.14. The molecule has 0 aromatic heterocycles. The van der Waals surface area contributed by atoms with E-state index in [1.54, 1.807) is 9.80 Å². The number of carbonyl (C=O) groups excluding carboxylic acids is 2. The van der Waals surface area contributed by atoms with E-state index in [0.717, 1.165) is 12.8 Å². The van der Waals surface area contributed by atoms with Gasteiger partial charge in [-0.2, -0.15) is 0 Å². The zero-order chi connectivity index (χ0) is 16.0. The lowest BCUT2D eigenvalue weighted by Crippen LogP contribution is -2.52. The molecule has 2 amide bonds. The lowest BCUT2D eigenvalue weighted by molar-refractivity contribution is -0.128. The van der Waals surface area contributed by atoms with Gasteiger partial charge in [0.05, 0.1) is 12.6 Å². The summed E-state index contributed by atoms with van der Waals surface area (Å²) in [5.74, 6) is 2.28. The quantitative estimate of drug-likeness (QED) is 0.591. The van der Waals surface area contributed by atoms with E-state index >= 15 is 0 Å². The highest BCUT2D eigenvalue weighted by molar-refractivity contribution is 5.87. The van der Waals surface area contributed by atoms with Crippen molar-refractivity contribution in [3.05, 3.63) is 12.7 Å². The lowest BCUT2D eigenvalue weighted by Gasteiger charge is -2.38. The number of carbonyl (C=O) groups is 2. The van der Waals surface area contributed by atoms with Crippen LogP contribution in [0.3, 0.4) is 0 Å². The van der Waals surface area contributed by atoms with Crippen LogP contribution < -0.4 is 0 Å². The van der Waals surface area contributed by atoms with Gasteiger partial charge in [0.25, 0.3) is 0 Å². The second-order valence-electron chi connectivity index (χ2n) is 6.10. The first kappa shape index (κ1) is 17.1. The minimum atomic E-state index is -0.528. The van der Waals surface area contributed by atoms with Crippen LogP contribution in [0.5, 0.6) is 0 Å². The van der Waals surface area contributed by atoms with Crippen LogP contribution in [0.4, 0.5) is 4.79 Å². The van der Waals surface area contributed by atoms with Crippen molar-refractivity contribution in [3.8, 4) is 12.3 Å². The normalized spacial score (nSPS) is 18.6. The summed E-state index contributed by atoms with van der Waals surface area (Å²) in [5.41, 5.74) is -0.528. The van der Waals surface area contributed by atoms with Crippen molar-refractivity contribution < 1.29 is 14.3 Å². The molecule has 116 valence electrons. The Labute approximate surface area is 126 Å². The molecule has 0 aliphatic carbocycles. The van der Waals surface area contributed by atoms with E-state index in [2.05, 4.69) is 12.5 Å². The molecular weight excluding hydrogens is 268 g/mol. The Bertz CT molecular complexity index is 445. The monoisotopic (exact) mass is 292 g/mol. The minimum absolute atomic E-state index is 0.0900. The summed E-state index contributed by atoms with van der Waals surface area (Å²) < 4.78 is 5.38. The van der Waals surface area contributed by atoms with Gasteiger partial charge in [-0.05, 0) is 39.7 Å². The van der Waals surface area contributed by atoms with Gasteiger partial charge in [-0.1, -0.05) is 12.5 Å². The number of piperidine rings is 1. The number of rotatable bonds is 3. The molecule has 1 atom stereocenters. The van der Waals surface area contributed by atoms with Gasteiger partial charge in [-0.3, -0.25) is 4.79 Å². The maximum atomic E-state index is 12.1. The van der Waals surface area contributed by atoms with Gasteiger partial charge in [-0.15, -0.1) is 6.42 Å². The maximum absolute atomic E-state index is 12.1. The summed E-state index contributed by atoms with van der Waals surface area (Å²) in [6, 6.07) is -0.0900. The number of likely N-dealkylation sites (tertiary alicyclic amines) is 1. The van der Waals surface area contributed by atoms with Crippen molar-refractivity contribution in [2.24, 2.45) is 0 Å². The predicted molar refractivity (Wildman–Crippen MR) is 81.6 cm³/mol. The highest BCUT2D eigenvalue weighted by Gasteiger charge is 2.31. The molecule has 0 bridgehead atoms. The van der Waals surface area contributed by atoms with Crippen molar-refractivity contribution in [3.63, 3.8) is 0 Å². The summed E-state index contributed by atoms with van der Waals surface area (Å²) in [5, 5.41) is 0. The molecule has 1 aliphatic heterocycles. The fourth-order valence-electron chi connectivity index (χ4n) is 2.30. The standard InChI is InChI=1S/C16H24N2O3/c1-6-10-18(14(19)7-2)13-9-8-11-17(12-13)15(20)21-16(3,4)5/h1,7,13H,2,8-12H2,3-5H3/t13-/m0/s1. The number of hydrogen-bond donors (Lipinski definition) is 0. The molecule has 1 heterocycles. The lowest BCUT2D eigenvalue weighted by atomic mass is 10.0. The summed E-state index contributed by atoms with van der Waals surface area (Å²) in [6.45, 7) is 10.3. The van der Waals surface area contributed by atoms with Crippen LogP contribution in [0, 0.1) is 12.3 Å². The number of nitrogens with zero attached hydrogens (tertiary/aromatic N) is 2. The average molecular weight is 292 g/mol. The van der Waals surface area contributed by atoms with E-state index in [-0.39, 0.29) is 24.6 Å². The van der Waals surface area contributed by atoms with Crippen LogP contribution in [0.15, 0.2) is 12.7 Å². The van der Waals surface area contributed by atoms with Crippen molar-refractivity contribution >= 4 is 12.0 Å². The molecule has 0 spiro atoms. The van der Waals surface area contributed by atoms with Crippen molar-refractivity contribution in [1.82, 2.24) is 9.80 Å². The van der Waals surface area contributed by atoms with Gasteiger partial charge in [-0.25, -0.2) is 4.79 Å². The van der Waals surface area contributed by atoms with Gasteiger partial charge in [0.15, 0.2) is 0 Å². The van der Waals surface area contributed by atoms with Gasteiger partial charge in [0, 0.05) is 13.1 Å². The predicted octanol–water partition coefficient (Wildman–Crippen LogP) is 2.03. The van der Waals surface area contributed by atoms with Crippen molar-refractivity contribution in [2.45, 2.75) is 45.3 Å². The largest absolute Gasteiger partial charge is 0.444 e. The molecule has 1 fully saturated rings. The van der Waals surface area contributed by atoms with E-state index in [1.165, 1.54) is 6.08 Å². The maximum Gasteiger partial charge on any atom is 0.410 e. The molecule has 0 radical (unpaired) electrons. The Morgan fingerprint density at radius 2 is 2.19 bits per heavy atom. The van der Waals surface area contributed by atoms with E-state index in [9.17, 15) is 9.59 Å². The minimum Gasteiger partial charge on any atom is -0.444 e. The van der Waals surface area contributed by atoms with Crippen LogP contribution in [0.2, 0.25) is 0 Å². The molecule has 0 aromatic rings. The summed E-state index contributed by atoms with van der Waals surface area (Å²) >= 11 is 0. The van der Waals surface area contributed by atoms with Gasteiger partial charge < -0.3 is 14.5 Å². The molecule has 21 heavy (non-hydrogen) atoms. The zero-order valence-corrected chi connectivity index (χ0v) is 13.1.